The molecule has 0 spiro atoms. The predicted octanol–water partition coefficient (Wildman–Crippen LogP) is 5.13. The normalized spacial score (nSPS) is 10.9. The van der Waals surface area contributed by atoms with Crippen molar-refractivity contribution in [3.8, 4) is 0 Å². The van der Waals surface area contributed by atoms with Crippen LogP contribution in [0.5, 0.6) is 0 Å². The fourth-order valence-electron chi connectivity index (χ4n) is 2.16. The number of carbonyl (C=O) groups excluding carboxylic acids is 1. The van der Waals surface area contributed by atoms with Crippen LogP contribution in [0.4, 0.5) is 5.13 Å². The molecule has 2 aromatic carbocycles. The van der Waals surface area contributed by atoms with Crippen LogP contribution in [0.1, 0.15) is 27.0 Å². The monoisotopic (exact) mass is 330 g/mol. The fourth-order valence-corrected chi connectivity index (χ4v) is 3.25. The molecule has 3 aromatic rings. The van der Waals surface area contributed by atoms with Crippen molar-refractivity contribution >= 4 is 44.2 Å². The maximum Gasteiger partial charge on any atom is 0.257 e. The van der Waals surface area contributed by atoms with Gasteiger partial charge >= 0.3 is 0 Å². The van der Waals surface area contributed by atoms with E-state index in [0.29, 0.717) is 15.7 Å². The molecule has 0 atom stereocenters. The molecule has 0 unspecified atom stereocenters. The van der Waals surface area contributed by atoms with Crippen LogP contribution in [-0.4, -0.2) is 10.9 Å². The Balaban J connectivity index is 1.89. The number of aromatic nitrogens is 1. The second-order valence-corrected chi connectivity index (χ2v) is 6.78. The highest BCUT2D eigenvalue weighted by atomic mass is 35.5. The molecule has 0 aliphatic rings. The van der Waals surface area contributed by atoms with Gasteiger partial charge in [-0.3, -0.25) is 10.1 Å². The lowest BCUT2D eigenvalue weighted by Gasteiger charge is -2.04. The van der Waals surface area contributed by atoms with Crippen molar-refractivity contribution < 1.29 is 4.79 Å². The quantitative estimate of drug-likeness (QED) is 0.708. The van der Waals surface area contributed by atoms with Crippen LogP contribution in [0.25, 0.3) is 10.2 Å². The van der Waals surface area contributed by atoms with Crippen LogP contribution in [0, 0.1) is 20.8 Å². The van der Waals surface area contributed by atoms with E-state index in [-0.39, 0.29) is 5.91 Å². The van der Waals surface area contributed by atoms with Crippen molar-refractivity contribution in [3.63, 3.8) is 0 Å². The molecule has 112 valence electrons. The van der Waals surface area contributed by atoms with Gasteiger partial charge in [-0.15, -0.1) is 0 Å². The van der Waals surface area contributed by atoms with E-state index in [4.69, 9.17) is 11.6 Å². The molecule has 0 aliphatic heterocycles. The van der Waals surface area contributed by atoms with E-state index in [1.165, 1.54) is 16.9 Å². The molecule has 0 saturated heterocycles. The first-order chi connectivity index (χ1) is 10.4. The van der Waals surface area contributed by atoms with Gasteiger partial charge in [0.2, 0.25) is 0 Å². The first-order valence-electron chi connectivity index (χ1n) is 6.89. The van der Waals surface area contributed by atoms with Crippen molar-refractivity contribution in [2.24, 2.45) is 0 Å². The Hall–Kier alpha value is -1.91. The number of amides is 1. The number of halogens is 1. The molecule has 1 amide bonds. The Labute approximate surface area is 138 Å². The second kappa shape index (κ2) is 5.71. The third kappa shape index (κ3) is 2.85. The molecular formula is C17H15ClN2OS. The summed E-state index contributed by atoms with van der Waals surface area (Å²) in [6.07, 6.45) is 0. The summed E-state index contributed by atoms with van der Waals surface area (Å²) < 4.78 is 1.01. The molecule has 1 heterocycles. The van der Waals surface area contributed by atoms with Crippen LogP contribution < -0.4 is 5.32 Å². The smallest absolute Gasteiger partial charge is 0.257 e. The van der Waals surface area contributed by atoms with Gasteiger partial charge in [-0.2, -0.15) is 0 Å². The number of fused-ring (bicyclic) bond motifs is 1. The van der Waals surface area contributed by atoms with Gasteiger partial charge in [-0.1, -0.05) is 29.0 Å². The van der Waals surface area contributed by atoms with E-state index in [1.54, 1.807) is 0 Å². The topological polar surface area (TPSA) is 42.0 Å². The van der Waals surface area contributed by atoms with E-state index in [1.807, 2.05) is 51.1 Å². The largest absolute Gasteiger partial charge is 0.298 e. The zero-order chi connectivity index (χ0) is 15.9. The molecular weight excluding hydrogens is 316 g/mol. The van der Waals surface area contributed by atoms with Crippen LogP contribution in [0.3, 0.4) is 0 Å². The summed E-state index contributed by atoms with van der Waals surface area (Å²) in [6.45, 7) is 5.97. The summed E-state index contributed by atoms with van der Waals surface area (Å²) in [6, 6.07) is 9.48. The maximum atomic E-state index is 12.3. The van der Waals surface area contributed by atoms with Crippen molar-refractivity contribution in [3.05, 3.63) is 57.6 Å². The highest BCUT2D eigenvalue weighted by Crippen LogP contribution is 2.30. The van der Waals surface area contributed by atoms with Crippen molar-refractivity contribution in [1.29, 1.82) is 0 Å². The average molecular weight is 331 g/mol. The molecule has 0 bridgehead atoms. The number of aryl methyl sites for hydroxylation is 3. The number of nitrogens with zero attached hydrogens (tertiary/aromatic N) is 1. The van der Waals surface area contributed by atoms with Crippen molar-refractivity contribution in [2.75, 3.05) is 5.32 Å². The molecule has 3 nitrogen and oxygen atoms in total. The molecule has 5 heteroatoms. The van der Waals surface area contributed by atoms with Gasteiger partial charge in [0.25, 0.3) is 5.91 Å². The summed E-state index contributed by atoms with van der Waals surface area (Å²) in [5.41, 5.74) is 4.71. The Morgan fingerprint density at radius 1 is 1.09 bits per heavy atom. The lowest BCUT2D eigenvalue weighted by atomic mass is 10.1. The zero-order valence-corrected chi connectivity index (χ0v) is 14.1. The molecule has 0 radical (unpaired) electrons. The molecule has 3 rings (SSSR count). The minimum absolute atomic E-state index is 0.148. The van der Waals surface area contributed by atoms with Crippen LogP contribution >= 0.6 is 22.9 Å². The number of rotatable bonds is 2. The standard InChI is InChI=1S/C17H15ClN2OS/c1-9-4-5-12(6-10(9)2)16(21)20-17-19-14-8-13(18)11(3)7-15(14)22-17/h4-8H,1-3H3,(H,19,20,21). The minimum atomic E-state index is -0.148. The SMILES string of the molecule is Cc1ccc(C(=O)Nc2nc3cc(Cl)c(C)cc3s2)cc1C. The van der Waals surface area contributed by atoms with Gasteiger partial charge in [-0.05, 0) is 61.7 Å². The lowest BCUT2D eigenvalue weighted by Crippen LogP contribution is -2.11. The Morgan fingerprint density at radius 3 is 2.59 bits per heavy atom. The minimum Gasteiger partial charge on any atom is -0.298 e. The van der Waals surface area contributed by atoms with E-state index in [2.05, 4.69) is 10.3 Å². The van der Waals surface area contributed by atoms with E-state index < -0.39 is 0 Å². The van der Waals surface area contributed by atoms with Crippen molar-refractivity contribution in [2.45, 2.75) is 20.8 Å². The summed E-state index contributed by atoms with van der Waals surface area (Å²) in [5.74, 6) is -0.148. The third-order valence-electron chi connectivity index (χ3n) is 3.66. The van der Waals surface area contributed by atoms with E-state index >= 15 is 0 Å². The molecule has 22 heavy (non-hydrogen) atoms. The van der Waals surface area contributed by atoms with Gasteiger partial charge in [-0.25, -0.2) is 4.98 Å². The third-order valence-corrected chi connectivity index (χ3v) is 5.00. The van der Waals surface area contributed by atoms with Crippen LogP contribution in [0.2, 0.25) is 5.02 Å². The highest BCUT2D eigenvalue weighted by Gasteiger charge is 2.11. The Morgan fingerprint density at radius 2 is 1.86 bits per heavy atom. The fraction of sp³-hybridized carbons (Fsp3) is 0.176. The van der Waals surface area contributed by atoms with Crippen LogP contribution in [-0.2, 0) is 0 Å². The van der Waals surface area contributed by atoms with E-state index in [0.717, 1.165) is 21.3 Å². The summed E-state index contributed by atoms with van der Waals surface area (Å²) >= 11 is 7.56. The molecule has 0 aliphatic carbocycles. The zero-order valence-electron chi connectivity index (χ0n) is 12.5. The Kier molecular flexibility index (Phi) is 3.89. The van der Waals surface area contributed by atoms with Gasteiger partial charge in [0, 0.05) is 10.6 Å². The first kappa shape index (κ1) is 15.0. The molecule has 0 saturated carbocycles. The number of anilines is 1. The van der Waals surface area contributed by atoms with Crippen molar-refractivity contribution in [1.82, 2.24) is 4.98 Å². The number of thiazole rings is 1. The van der Waals surface area contributed by atoms with Gasteiger partial charge in [0.1, 0.15) is 0 Å². The lowest BCUT2D eigenvalue weighted by molar-refractivity contribution is 0.102. The molecule has 1 N–H and O–H groups in total. The number of carbonyl (C=O) groups is 1. The van der Waals surface area contributed by atoms with Gasteiger partial charge in [0.15, 0.2) is 5.13 Å². The second-order valence-electron chi connectivity index (χ2n) is 5.34. The number of benzene rings is 2. The molecule has 1 aromatic heterocycles. The highest BCUT2D eigenvalue weighted by molar-refractivity contribution is 7.22. The summed E-state index contributed by atoms with van der Waals surface area (Å²) in [5, 5.41) is 4.13. The number of nitrogens with one attached hydrogen (secondary N) is 1. The average Bonchev–Trinajstić information content (AvgIpc) is 2.83. The maximum absolute atomic E-state index is 12.3. The van der Waals surface area contributed by atoms with Gasteiger partial charge < -0.3 is 0 Å². The molecule has 0 fully saturated rings. The van der Waals surface area contributed by atoms with Crippen LogP contribution in [0.15, 0.2) is 30.3 Å². The van der Waals surface area contributed by atoms with Gasteiger partial charge in [0.05, 0.1) is 10.2 Å². The number of hydrogen-bond acceptors (Lipinski definition) is 3. The first-order valence-corrected chi connectivity index (χ1v) is 8.09. The summed E-state index contributed by atoms with van der Waals surface area (Å²) in [7, 11) is 0. The Bertz CT molecular complexity index is 847. The van der Waals surface area contributed by atoms with E-state index in [9.17, 15) is 4.79 Å². The predicted molar refractivity (Wildman–Crippen MR) is 93.2 cm³/mol. The summed E-state index contributed by atoms with van der Waals surface area (Å²) in [4.78, 5) is 16.7. The number of hydrogen-bond donors (Lipinski definition) is 1.